The van der Waals surface area contributed by atoms with E-state index in [4.69, 9.17) is 0 Å². The Morgan fingerprint density at radius 3 is 2.18 bits per heavy atom. The van der Waals surface area contributed by atoms with Crippen LogP contribution in [0.15, 0.2) is 24.3 Å². The molecule has 2 aromatic rings. The van der Waals surface area contributed by atoms with Crippen LogP contribution in [-0.4, -0.2) is 71.7 Å². The van der Waals surface area contributed by atoms with Crippen LogP contribution in [0, 0.1) is 0 Å². The summed E-state index contributed by atoms with van der Waals surface area (Å²) < 4.78 is 1.12. The highest BCUT2D eigenvalue weighted by molar-refractivity contribution is 7.21. The minimum absolute atomic E-state index is 0.0562. The first kappa shape index (κ1) is 18.9. The van der Waals surface area contributed by atoms with Crippen LogP contribution in [0.5, 0.6) is 0 Å². The second kappa shape index (κ2) is 7.54. The number of benzene rings is 1. The molecule has 0 N–H and O–H groups in total. The van der Waals surface area contributed by atoms with Crippen molar-refractivity contribution in [3.05, 3.63) is 34.7 Å². The van der Waals surface area contributed by atoms with Gasteiger partial charge in [0.15, 0.2) is 0 Å². The van der Waals surface area contributed by atoms with Crippen LogP contribution in [0.4, 0.5) is 0 Å². The lowest BCUT2D eigenvalue weighted by atomic mass is 9.94. The van der Waals surface area contributed by atoms with Gasteiger partial charge in [0.05, 0.1) is 4.88 Å². The van der Waals surface area contributed by atoms with Gasteiger partial charge in [-0.1, -0.05) is 18.2 Å². The summed E-state index contributed by atoms with van der Waals surface area (Å²) in [5, 5.41) is 1.13. The minimum atomic E-state index is 0.0562. The highest BCUT2D eigenvalue weighted by Gasteiger charge is 2.33. The third-order valence-corrected chi connectivity index (χ3v) is 7.06. The van der Waals surface area contributed by atoms with Crippen LogP contribution in [0.25, 0.3) is 10.1 Å². The molecule has 1 aromatic heterocycles. The molecule has 0 aliphatic carbocycles. The normalized spacial score (nSPS) is 20.1. The predicted octanol–water partition coefficient (Wildman–Crippen LogP) is 2.54. The van der Waals surface area contributed by atoms with Crippen LogP contribution >= 0.6 is 11.3 Å². The Morgan fingerprint density at radius 2 is 1.54 bits per heavy atom. The molecular weight excluding hydrogens is 374 g/mol. The van der Waals surface area contributed by atoms with Crippen molar-refractivity contribution in [1.29, 1.82) is 0 Å². The molecule has 2 saturated heterocycles. The third kappa shape index (κ3) is 3.39. The van der Waals surface area contributed by atoms with Crippen LogP contribution in [0.1, 0.15) is 41.4 Å². The fourth-order valence-corrected chi connectivity index (χ4v) is 5.54. The zero-order chi connectivity index (χ0) is 19.8. The zero-order valence-corrected chi connectivity index (χ0v) is 17.1. The number of likely N-dealkylation sites (tertiary alicyclic amines) is 1. The van der Waals surface area contributed by atoms with Gasteiger partial charge in [0, 0.05) is 63.7 Å². The molecule has 1 aromatic carbocycles. The molecule has 3 amide bonds. The average Bonchev–Trinajstić information content (AvgIpc) is 3.32. The van der Waals surface area contributed by atoms with E-state index in [1.54, 1.807) is 30.1 Å². The second-order valence-electron chi connectivity index (χ2n) is 7.59. The van der Waals surface area contributed by atoms with Gasteiger partial charge in [0.2, 0.25) is 11.8 Å². The molecule has 0 saturated carbocycles. The van der Waals surface area contributed by atoms with E-state index in [0.29, 0.717) is 32.7 Å². The summed E-state index contributed by atoms with van der Waals surface area (Å²) in [5.74, 6) is 0.401. The highest BCUT2D eigenvalue weighted by atomic mass is 32.1. The topological polar surface area (TPSA) is 60.9 Å². The quantitative estimate of drug-likeness (QED) is 0.780. The maximum Gasteiger partial charge on any atom is 0.264 e. The first-order chi connectivity index (χ1) is 13.5. The Hall–Kier alpha value is -2.41. The van der Waals surface area contributed by atoms with E-state index in [2.05, 4.69) is 12.1 Å². The zero-order valence-electron chi connectivity index (χ0n) is 16.3. The highest BCUT2D eigenvalue weighted by Crippen LogP contribution is 2.40. The summed E-state index contributed by atoms with van der Waals surface area (Å²) in [6.07, 6.45) is 0.888. The van der Waals surface area contributed by atoms with Gasteiger partial charge in [0.1, 0.15) is 0 Å². The molecule has 2 aliphatic heterocycles. The molecule has 3 heterocycles. The summed E-state index contributed by atoms with van der Waals surface area (Å²) in [5.41, 5.74) is 1.10. The van der Waals surface area contributed by atoms with Crippen molar-refractivity contribution in [3.63, 3.8) is 0 Å². The SMILES string of the molecule is CC(=O)N1CCN(C(=O)c2sc3ccccc3c2[C@@H]2CCN(C(C)=O)C2)CC1. The number of thiophene rings is 1. The first-order valence-electron chi connectivity index (χ1n) is 9.77. The molecule has 2 aliphatic rings. The van der Waals surface area contributed by atoms with Crippen molar-refractivity contribution in [2.45, 2.75) is 26.2 Å². The first-order valence-corrected chi connectivity index (χ1v) is 10.6. The Balaban J connectivity index is 1.65. The van der Waals surface area contributed by atoms with Crippen LogP contribution in [0.2, 0.25) is 0 Å². The molecule has 0 radical (unpaired) electrons. The maximum absolute atomic E-state index is 13.4. The minimum Gasteiger partial charge on any atom is -0.342 e. The molecule has 2 fully saturated rings. The molecular formula is C21H25N3O3S. The number of hydrogen-bond acceptors (Lipinski definition) is 4. The number of amides is 3. The Bertz CT molecular complexity index is 930. The lowest BCUT2D eigenvalue weighted by Gasteiger charge is -2.34. The molecule has 7 heteroatoms. The van der Waals surface area contributed by atoms with E-state index in [1.165, 1.54) is 0 Å². The largest absolute Gasteiger partial charge is 0.342 e. The summed E-state index contributed by atoms with van der Waals surface area (Å²) in [4.78, 5) is 43.1. The second-order valence-corrected chi connectivity index (χ2v) is 8.64. The number of piperazine rings is 1. The van der Waals surface area contributed by atoms with Gasteiger partial charge in [0.25, 0.3) is 5.91 Å². The van der Waals surface area contributed by atoms with Crippen LogP contribution in [-0.2, 0) is 9.59 Å². The van der Waals surface area contributed by atoms with Crippen molar-refractivity contribution in [1.82, 2.24) is 14.7 Å². The van der Waals surface area contributed by atoms with E-state index < -0.39 is 0 Å². The van der Waals surface area contributed by atoms with Crippen molar-refractivity contribution < 1.29 is 14.4 Å². The molecule has 148 valence electrons. The van der Waals surface area contributed by atoms with Gasteiger partial charge in [-0.2, -0.15) is 0 Å². The molecule has 1 atom stereocenters. The Labute approximate surface area is 168 Å². The van der Waals surface area contributed by atoms with Crippen LogP contribution < -0.4 is 0 Å². The van der Waals surface area contributed by atoms with E-state index in [1.807, 2.05) is 21.9 Å². The van der Waals surface area contributed by atoms with Crippen molar-refractivity contribution in [2.24, 2.45) is 0 Å². The number of rotatable bonds is 2. The van der Waals surface area contributed by atoms with Gasteiger partial charge in [-0.15, -0.1) is 11.3 Å². The van der Waals surface area contributed by atoms with Gasteiger partial charge in [-0.05, 0) is 23.4 Å². The number of carbonyl (C=O) groups is 3. The van der Waals surface area contributed by atoms with E-state index >= 15 is 0 Å². The molecule has 0 bridgehead atoms. The Morgan fingerprint density at radius 1 is 0.893 bits per heavy atom. The smallest absolute Gasteiger partial charge is 0.264 e. The Kier molecular flexibility index (Phi) is 5.10. The van der Waals surface area contributed by atoms with Gasteiger partial charge >= 0.3 is 0 Å². The lowest BCUT2D eigenvalue weighted by Crippen LogP contribution is -2.50. The monoisotopic (exact) mass is 399 g/mol. The summed E-state index contributed by atoms with van der Waals surface area (Å²) in [6, 6.07) is 8.16. The number of carbonyl (C=O) groups excluding carboxylic acids is 3. The fraction of sp³-hybridized carbons (Fsp3) is 0.476. The molecule has 4 rings (SSSR count). The number of fused-ring (bicyclic) bond motifs is 1. The van der Waals surface area contributed by atoms with Gasteiger partial charge in [-0.3, -0.25) is 14.4 Å². The van der Waals surface area contributed by atoms with E-state index in [0.717, 1.165) is 33.5 Å². The van der Waals surface area contributed by atoms with Crippen molar-refractivity contribution in [2.75, 3.05) is 39.3 Å². The molecule has 0 unspecified atom stereocenters. The molecule has 0 spiro atoms. The standard InChI is InChI=1S/C21H25N3O3S/c1-14(25)22-9-11-23(12-10-22)21(27)20-19(16-7-8-24(13-16)15(2)26)17-5-3-4-6-18(17)28-20/h3-6,16H,7-13H2,1-2H3/t16-/m1/s1. The molecule has 6 nitrogen and oxygen atoms in total. The lowest BCUT2D eigenvalue weighted by molar-refractivity contribution is -0.130. The predicted molar refractivity (Wildman–Crippen MR) is 110 cm³/mol. The number of nitrogens with zero attached hydrogens (tertiary/aromatic N) is 3. The summed E-state index contributed by atoms with van der Waals surface area (Å²) >= 11 is 1.55. The average molecular weight is 400 g/mol. The fourth-order valence-electron chi connectivity index (χ4n) is 4.28. The third-order valence-electron chi connectivity index (χ3n) is 5.88. The van der Waals surface area contributed by atoms with Gasteiger partial charge in [-0.25, -0.2) is 0 Å². The van der Waals surface area contributed by atoms with Crippen molar-refractivity contribution in [3.8, 4) is 0 Å². The van der Waals surface area contributed by atoms with E-state index in [9.17, 15) is 14.4 Å². The van der Waals surface area contributed by atoms with Crippen molar-refractivity contribution >= 4 is 39.1 Å². The van der Waals surface area contributed by atoms with E-state index in [-0.39, 0.29) is 23.6 Å². The summed E-state index contributed by atoms with van der Waals surface area (Å²) in [6.45, 7) is 6.90. The van der Waals surface area contributed by atoms with Gasteiger partial charge < -0.3 is 14.7 Å². The molecule has 28 heavy (non-hydrogen) atoms. The summed E-state index contributed by atoms with van der Waals surface area (Å²) in [7, 11) is 0. The number of hydrogen-bond donors (Lipinski definition) is 0. The van der Waals surface area contributed by atoms with Crippen LogP contribution in [0.3, 0.4) is 0 Å². The maximum atomic E-state index is 13.4.